The van der Waals surface area contributed by atoms with Crippen molar-refractivity contribution in [3.63, 3.8) is 0 Å². The zero-order valence-corrected chi connectivity index (χ0v) is 10.6. The molecule has 0 amide bonds. The first-order valence-corrected chi connectivity index (χ1v) is 5.26. The van der Waals surface area contributed by atoms with Crippen LogP contribution in [0.2, 0.25) is 0 Å². The summed E-state index contributed by atoms with van der Waals surface area (Å²) in [7, 11) is 0. The maximum Gasteiger partial charge on any atom is 0.512 e. The van der Waals surface area contributed by atoms with E-state index in [1.807, 2.05) is 0 Å². The number of nitro groups is 1. The van der Waals surface area contributed by atoms with Gasteiger partial charge in [0.2, 0.25) is 0 Å². The van der Waals surface area contributed by atoms with Crippen LogP contribution in [-0.2, 0) is 4.74 Å². The maximum absolute atomic E-state index is 11.6. The van der Waals surface area contributed by atoms with E-state index in [4.69, 9.17) is 4.74 Å². The van der Waals surface area contributed by atoms with Crippen LogP contribution < -0.4 is 0 Å². The molecule has 0 N–H and O–H groups in total. The minimum absolute atomic E-state index is 0.239. The number of hydrogen-bond donors (Lipinski definition) is 0. The molecule has 1 heterocycles. The molecule has 0 spiro atoms. The van der Waals surface area contributed by atoms with Crippen LogP contribution in [-0.4, -0.2) is 21.2 Å². The van der Waals surface area contributed by atoms with Crippen LogP contribution in [0.15, 0.2) is 16.7 Å². The molecule has 1 aromatic rings. The van der Waals surface area contributed by atoms with Crippen LogP contribution in [0.3, 0.4) is 0 Å². The van der Waals surface area contributed by atoms with E-state index in [2.05, 4.69) is 15.9 Å². The predicted molar refractivity (Wildman–Crippen MR) is 60.4 cm³/mol. The lowest BCUT2D eigenvalue weighted by Crippen LogP contribution is -2.27. The first kappa shape index (κ1) is 12.7. The summed E-state index contributed by atoms with van der Waals surface area (Å²) in [6, 6.07) is 1.42. The third-order valence-corrected chi connectivity index (χ3v) is 2.19. The summed E-state index contributed by atoms with van der Waals surface area (Å²) in [4.78, 5) is 21.7. The van der Waals surface area contributed by atoms with Gasteiger partial charge in [-0.3, -0.25) is 0 Å². The second-order valence-electron chi connectivity index (χ2n) is 4.09. The van der Waals surface area contributed by atoms with E-state index in [1.54, 1.807) is 20.8 Å². The molecule has 16 heavy (non-hydrogen) atoms. The number of hydrogen-bond acceptors (Lipinski definition) is 4. The highest BCUT2D eigenvalue weighted by molar-refractivity contribution is 9.10. The molecular weight excluding hydrogens is 280 g/mol. The summed E-state index contributed by atoms with van der Waals surface area (Å²) in [5.41, 5.74) is -0.693. The van der Waals surface area contributed by atoms with Gasteiger partial charge in [-0.05, 0) is 41.6 Å². The van der Waals surface area contributed by atoms with Crippen molar-refractivity contribution in [1.82, 2.24) is 4.57 Å². The third kappa shape index (κ3) is 2.82. The Morgan fingerprint density at radius 3 is 2.56 bits per heavy atom. The highest BCUT2D eigenvalue weighted by atomic mass is 79.9. The maximum atomic E-state index is 11.6. The predicted octanol–water partition coefficient (Wildman–Crippen LogP) is 2.94. The zero-order valence-electron chi connectivity index (χ0n) is 9.06. The second-order valence-corrected chi connectivity index (χ2v) is 4.95. The van der Waals surface area contributed by atoms with Gasteiger partial charge in [0.15, 0.2) is 0 Å². The number of rotatable bonds is 1. The minimum atomic E-state index is -0.773. The number of nitrogens with zero attached hydrogens (tertiary/aromatic N) is 2. The molecule has 0 fully saturated rings. The lowest BCUT2D eigenvalue weighted by Gasteiger charge is -2.17. The van der Waals surface area contributed by atoms with Gasteiger partial charge in [-0.1, -0.05) is 0 Å². The summed E-state index contributed by atoms with van der Waals surface area (Å²) < 4.78 is 6.12. The standard InChI is InChI=1S/C9H11BrN2O4/c1-9(2,3)16-8(13)11-5-4-6(10)7(11)12(14)15/h4-5H,1-3H3. The number of aromatic nitrogens is 1. The summed E-state index contributed by atoms with van der Waals surface area (Å²) in [6.45, 7) is 5.07. The Bertz CT molecular complexity index is 433. The number of carbonyl (C=O) groups is 1. The largest absolute Gasteiger partial charge is 0.512 e. The minimum Gasteiger partial charge on any atom is -0.425 e. The summed E-state index contributed by atoms with van der Waals surface area (Å²) in [5, 5.41) is 10.7. The molecule has 0 saturated carbocycles. The van der Waals surface area contributed by atoms with E-state index in [9.17, 15) is 14.9 Å². The number of halogens is 1. The van der Waals surface area contributed by atoms with E-state index >= 15 is 0 Å². The Labute approximate surface area is 100 Å². The van der Waals surface area contributed by atoms with Gasteiger partial charge in [0.1, 0.15) is 16.3 Å². The lowest BCUT2D eigenvalue weighted by atomic mass is 10.2. The topological polar surface area (TPSA) is 74.4 Å². The van der Waals surface area contributed by atoms with Gasteiger partial charge in [0.05, 0.1) is 0 Å². The smallest absolute Gasteiger partial charge is 0.425 e. The van der Waals surface area contributed by atoms with E-state index in [-0.39, 0.29) is 10.3 Å². The number of carbonyl (C=O) groups excluding carboxylic acids is 1. The monoisotopic (exact) mass is 290 g/mol. The van der Waals surface area contributed by atoms with Crippen molar-refractivity contribution < 1.29 is 14.5 Å². The Kier molecular flexibility index (Phi) is 3.37. The van der Waals surface area contributed by atoms with Crippen molar-refractivity contribution in [3.05, 3.63) is 26.9 Å². The normalized spacial score (nSPS) is 11.2. The molecule has 0 unspecified atom stereocenters. The average molecular weight is 291 g/mol. The summed E-state index contributed by atoms with van der Waals surface area (Å²) in [5.74, 6) is -0.339. The lowest BCUT2D eigenvalue weighted by molar-refractivity contribution is -0.391. The Balaban J connectivity index is 3.05. The van der Waals surface area contributed by atoms with Crippen LogP contribution >= 0.6 is 15.9 Å². The average Bonchev–Trinajstić information content (AvgIpc) is 2.43. The Morgan fingerprint density at radius 2 is 2.12 bits per heavy atom. The van der Waals surface area contributed by atoms with E-state index in [0.29, 0.717) is 0 Å². The second kappa shape index (κ2) is 4.25. The third-order valence-electron chi connectivity index (χ3n) is 1.57. The molecule has 0 radical (unpaired) electrons. The first-order chi connectivity index (χ1) is 7.22. The molecule has 6 nitrogen and oxygen atoms in total. The quantitative estimate of drug-likeness (QED) is 0.589. The highest BCUT2D eigenvalue weighted by Gasteiger charge is 2.28. The Morgan fingerprint density at radius 1 is 1.56 bits per heavy atom. The summed E-state index contributed by atoms with van der Waals surface area (Å²) in [6.07, 6.45) is 0.515. The van der Waals surface area contributed by atoms with Crippen molar-refractivity contribution in [1.29, 1.82) is 0 Å². The van der Waals surface area contributed by atoms with Crippen LogP contribution in [0.4, 0.5) is 10.6 Å². The van der Waals surface area contributed by atoms with Crippen molar-refractivity contribution in [3.8, 4) is 0 Å². The SMILES string of the molecule is CC(C)(C)OC(=O)n1ccc(Br)c1[N+](=O)[O-]. The summed E-state index contributed by atoms with van der Waals surface area (Å²) >= 11 is 3.00. The van der Waals surface area contributed by atoms with Gasteiger partial charge in [0, 0.05) is 6.07 Å². The molecule has 0 aliphatic carbocycles. The van der Waals surface area contributed by atoms with Gasteiger partial charge in [-0.2, -0.15) is 4.79 Å². The fraction of sp³-hybridized carbons (Fsp3) is 0.444. The van der Waals surface area contributed by atoms with Gasteiger partial charge < -0.3 is 14.9 Å². The molecule has 88 valence electrons. The van der Waals surface area contributed by atoms with Crippen LogP contribution in [0.25, 0.3) is 0 Å². The van der Waals surface area contributed by atoms with Crippen molar-refractivity contribution >= 4 is 27.8 Å². The molecule has 1 aromatic heterocycles. The van der Waals surface area contributed by atoms with Crippen LogP contribution in [0.5, 0.6) is 0 Å². The van der Waals surface area contributed by atoms with E-state index < -0.39 is 16.6 Å². The number of ether oxygens (including phenoxy) is 1. The molecule has 0 bridgehead atoms. The van der Waals surface area contributed by atoms with Crippen LogP contribution in [0.1, 0.15) is 20.8 Å². The van der Waals surface area contributed by atoms with Gasteiger partial charge in [-0.25, -0.2) is 0 Å². The van der Waals surface area contributed by atoms with Gasteiger partial charge in [-0.15, -0.1) is 4.57 Å². The highest BCUT2D eigenvalue weighted by Crippen LogP contribution is 2.26. The van der Waals surface area contributed by atoms with Gasteiger partial charge in [0.25, 0.3) is 0 Å². The zero-order chi connectivity index (χ0) is 12.5. The molecule has 0 aromatic carbocycles. The molecule has 0 aliphatic heterocycles. The van der Waals surface area contributed by atoms with Crippen LogP contribution in [0, 0.1) is 10.1 Å². The Hall–Kier alpha value is -1.37. The molecule has 7 heteroatoms. The van der Waals surface area contributed by atoms with Crippen molar-refractivity contribution in [2.75, 3.05) is 0 Å². The molecular formula is C9H11BrN2O4. The van der Waals surface area contributed by atoms with Crippen molar-refractivity contribution in [2.45, 2.75) is 26.4 Å². The molecule has 0 aliphatic rings. The van der Waals surface area contributed by atoms with Gasteiger partial charge >= 0.3 is 11.9 Å². The van der Waals surface area contributed by atoms with Crippen molar-refractivity contribution in [2.24, 2.45) is 0 Å². The fourth-order valence-corrected chi connectivity index (χ4v) is 1.49. The van der Waals surface area contributed by atoms with E-state index in [0.717, 1.165) is 4.57 Å². The first-order valence-electron chi connectivity index (χ1n) is 4.47. The molecule has 0 saturated heterocycles. The molecule has 0 atom stereocenters. The molecule has 1 rings (SSSR count). The van der Waals surface area contributed by atoms with E-state index in [1.165, 1.54) is 12.3 Å². The fourth-order valence-electron chi connectivity index (χ4n) is 1.03.